The van der Waals surface area contributed by atoms with Crippen molar-refractivity contribution in [2.75, 3.05) is 22.1 Å². The number of hydrogen-bond acceptors (Lipinski definition) is 4. The fraction of sp³-hybridized carbons (Fsp3) is 0.0500. The third kappa shape index (κ3) is 3.98. The van der Waals surface area contributed by atoms with Crippen LogP contribution in [-0.2, 0) is 4.79 Å². The van der Waals surface area contributed by atoms with Gasteiger partial charge < -0.3 is 10.6 Å². The smallest absolute Gasteiger partial charge is 0.258 e. The molecule has 0 spiro atoms. The van der Waals surface area contributed by atoms with Gasteiger partial charge in [-0.3, -0.25) is 19.3 Å². The number of benzene rings is 2. The van der Waals surface area contributed by atoms with Crippen LogP contribution in [0.5, 0.6) is 0 Å². The van der Waals surface area contributed by atoms with E-state index >= 15 is 0 Å². The summed E-state index contributed by atoms with van der Waals surface area (Å²) in [5.41, 5.74) is 2.41. The normalized spacial score (nSPS) is 12.9. The molecule has 2 N–H and O–H groups in total. The van der Waals surface area contributed by atoms with Gasteiger partial charge in [-0.25, -0.2) is 0 Å². The Hall–Kier alpha value is -2.87. The van der Waals surface area contributed by atoms with E-state index < -0.39 is 0 Å². The Kier molecular flexibility index (Phi) is 5.27. The lowest BCUT2D eigenvalue weighted by molar-refractivity contribution is -0.115. The van der Waals surface area contributed by atoms with Crippen LogP contribution in [0.25, 0.3) is 0 Å². The van der Waals surface area contributed by atoms with Crippen LogP contribution in [0, 0.1) is 0 Å². The van der Waals surface area contributed by atoms with E-state index in [1.807, 2.05) is 0 Å². The highest BCUT2D eigenvalue weighted by molar-refractivity contribution is 7.20. The van der Waals surface area contributed by atoms with Gasteiger partial charge in [0.25, 0.3) is 11.8 Å². The second-order valence-corrected chi connectivity index (χ2v) is 8.51. The van der Waals surface area contributed by atoms with Crippen LogP contribution in [-0.4, -0.2) is 24.3 Å². The lowest BCUT2D eigenvalue weighted by Crippen LogP contribution is -2.42. The molecule has 0 atom stereocenters. The third-order valence-corrected chi connectivity index (χ3v) is 5.79. The first kappa shape index (κ1) is 19.4. The fourth-order valence-corrected chi connectivity index (χ4v) is 4.42. The summed E-state index contributed by atoms with van der Waals surface area (Å²) in [6.45, 7) is -0.0637. The van der Waals surface area contributed by atoms with Gasteiger partial charge >= 0.3 is 0 Å². The number of thiophene rings is 1. The molecule has 9 heteroatoms. The number of halogens is 2. The van der Waals surface area contributed by atoms with Gasteiger partial charge in [-0.05, 0) is 42.5 Å². The summed E-state index contributed by atoms with van der Waals surface area (Å²) in [6.07, 6.45) is 0. The van der Waals surface area contributed by atoms with Crippen molar-refractivity contribution in [1.82, 2.24) is 0 Å². The largest absolute Gasteiger partial charge is 0.323 e. The molecule has 2 heterocycles. The standard InChI is InChI=1S/C20H13Cl2N3O3S/c21-16-9-13(18(22)29-16)19(27)23-12-7-5-11(6-8-12)20(28)25-10-17(26)24-14-3-1-2-4-15(14)25/h1-9H,10H2,(H,23,27)(H,24,26). The molecule has 0 aliphatic carbocycles. The van der Waals surface area contributed by atoms with Crippen molar-refractivity contribution in [2.24, 2.45) is 0 Å². The first-order valence-corrected chi connectivity index (χ1v) is 10.1. The van der Waals surface area contributed by atoms with Gasteiger partial charge in [0.05, 0.1) is 21.3 Å². The Morgan fingerprint density at radius 3 is 2.48 bits per heavy atom. The molecule has 29 heavy (non-hydrogen) atoms. The highest BCUT2D eigenvalue weighted by Crippen LogP contribution is 2.32. The molecule has 0 bridgehead atoms. The Bertz CT molecular complexity index is 1130. The number of carbonyl (C=O) groups excluding carboxylic acids is 3. The summed E-state index contributed by atoms with van der Waals surface area (Å²) in [5.74, 6) is -0.955. The zero-order valence-corrected chi connectivity index (χ0v) is 17.1. The summed E-state index contributed by atoms with van der Waals surface area (Å²) in [7, 11) is 0. The van der Waals surface area contributed by atoms with E-state index in [1.54, 1.807) is 48.5 Å². The van der Waals surface area contributed by atoms with Gasteiger partial charge in [0.1, 0.15) is 10.9 Å². The molecule has 1 aliphatic rings. The van der Waals surface area contributed by atoms with Crippen molar-refractivity contribution in [3.63, 3.8) is 0 Å². The monoisotopic (exact) mass is 445 g/mol. The number of nitrogens with zero attached hydrogens (tertiary/aromatic N) is 1. The number of anilines is 3. The van der Waals surface area contributed by atoms with Crippen LogP contribution in [0.3, 0.4) is 0 Å². The third-order valence-electron chi connectivity index (χ3n) is 4.31. The summed E-state index contributed by atoms with van der Waals surface area (Å²) in [6, 6.07) is 15.0. The highest BCUT2D eigenvalue weighted by Gasteiger charge is 2.27. The molecule has 0 fully saturated rings. The zero-order chi connectivity index (χ0) is 20.5. The maximum absolute atomic E-state index is 12.9. The number of rotatable bonds is 3. The molecule has 146 valence electrons. The molecule has 0 unspecified atom stereocenters. The van der Waals surface area contributed by atoms with E-state index in [1.165, 1.54) is 11.0 Å². The van der Waals surface area contributed by atoms with Crippen LogP contribution >= 0.6 is 34.5 Å². The summed E-state index contributed by atoms with van der Waals surface area (Å²) >= 11 is 13.0. The molecule has 0 saturated carbocycles. The van der Waals surface area contributed by atoms with E-state index in [2.05, 4.69) is 10.6 Å². The number of fused-ring (bicyclic) bond motifs is 1. The summed E-state index contributed by atoms with van der Waals surface area (Å²) < 4.78 is 0.730. The molecule has 1 aromatic heterocycles. The van der Waals surface area contributed by atoms with Crippen LogP contribution < -0.4 is 15.5 Å². The van der Waals surface area contributed by atoms with Crippen LogP contribution in [0.2, 0.25) is 8.67 Å². The predicted molar refractivity (Wildman–Crippen MR) is 115 cm³/mol. The van der Waals surface area contributed by atoms with Crippen LogP contribution in [0.1, 0.15) is 20.7 Å². The topological polar surface area (TPSA) is 78.5 Å². The lowest BCUT2D eigenvalue weighted by Gasteiger charge is -2.29. The molecule has 4 rings (SSSR count). The van der Waals surface area contributed by atoms with Gasteiger partial charge in [-0.1, -0.05) is 35.3 Å². The van der Waals surface area contributed by atoms with E-state index in [0.29, 0.717) is 31.3 Å². The minimum Gasteiger partial charge on any atom is -0.323 e. The number of carbonyl (C=O) groups is 3. The van der Waals surface area contributed by atoms with Gasteiger partial charge in [-0.15, -0.1) is 11.3 Å². The summed E-state index contributed by atoms with van der Waals surface area (Å²) in [5, 5.41) is 5.47. The van der Waals surface area contributed by atoms with Crippen molar-refractivity contribution in [3.8, 4) is 0 Å². The molecular formula is C20H13Cl2N3O3S. The Morgan fingerprint density at radius 1 is 1.07 bits per heavy atom. The molecule has 2 aromatic carbocycles. The molecule has 0 saturated heterocycles. The molecular weight excluding hydrogens is 433 g/mol. The first-order valence-electron chi connectivity index (χ1n) is 8.49. The van der Waals surface area contributed by atoms with Gasteiger partial charge in [-0.2, -0.15) is 0 Å². The Morgan fingerprint density at radius 2 is 1.79 bits per heavy atom. The van der Waals surface area contributed by atoms with Crippen molar-refractivity contribution in [3.05, 3.63) is 74.4 Å². The molecule has 3 aromatic rings. The van der Waals surface area contributed by atoms with Gasteiger partial charge in [0.2, 0.25) is 5.91 Å². The van der Waals surface area contributed by atoms with Crippen molar-refractivity contribution >= 4 is 69.3 Å². The fourth-order valence-electron chi connectivity index (χ4n) is 2.96. The number of hydrogen-bond donors (Lipinski definition) is 2. The number of amides is 3. The van der Waals surface area contributed by atoms with Gasteiger partial charge in [0.15, 0.2) is 0 Å². The van der Waals surface area contributed by atoms with Crippen LogP contribution in [0.15, 0.2) is 54.6 Å². The minimum absolute atomic E-state index is 0.0637. The lowest BCUT2D eigenvalue weighted by atomic mass is 10.1. The van der Waals surface area contributed by atoms with E-state index in [9.17, 15) is 14.4 Å². The SMILES string of the molecule is O=C1CN(C(=O)c2ccc(NC(=O)c3cc(Cl)sc3Cl)cc2)c2ccccc2N1. The van der Waals surface area contributed by atoms with Crippen LogP contribution in [0.4, 0.5) is 17.1 Å². The molecule has 3 amide bonds. The van der Waals surface area contributed by atoms with E-state index in [-0.39, 0.29) is 29.8 Å². The first-order chi connectivity index (χ1) is 13.9. The molecule has 6 nitrogen and oxygen atoms in total. The number of para-hydroxylation sites is 2. The second-order valence-electron chi connectivity index (χ2n) is 6.23. The van der Waals surface area contributed by atoms with E-state index in [4.69, 9.17) is 23.2 Å². The van der Waals surface area contributed by atoms with E-state index in [0.717, 1.165) is 11.3 Å². The van der Waals surface area contributed by atoms with Crippen molar-refractivity contribution < 1.29 is 14.4 Å². The average Bonchev–Trinajstić information content (AvgIpc) is 3.05. The highest BCUT2D eigenvalue weighted by atomic mass is 35.5. The summed E-state index contributed by atoms with van der Waals surface area (Å²) in [4.78, 5) is 38.6. The quantitative estimate of drug-likeness (QED) is 0.601. The number of nitrogens with one attached hydrogen (secondary N) is 2. The van der Waals surface area contributed by atoms with Crippen molar-refractivity contribution in [1.29, 1.82) is 0 Å². The Balaban J connectivity index is 1.52. The van der Waals surface area contributed by atoms with Gasteiger partial charge in [0, 0.05) is 11.3 Å². The minimum atomic E-state index is -0.390. The maximum Gasteiger partial charge on any atom is 0.258 e. The van der Waals surface area contributed by atoms with Crippen molar-refractivity contribution in [2.45, 2.75) is 0 Å². The predicted octanol–water partition coefficient (Wildman–Crippen LogP) is 4.91. The molecule has 1 aliphatic heterocycles. The second kappa shape index (κ2) is 7.87. The molecule has 0 radical (unpaired) electrons. The Labute approximate surface area is 180 Å². The maximum atomic E-state index is 12.9. The average molecular weight is 446 g/mol. The zero-order valence-electron chi connectivity index (χ0n) is 14.7.